The smallest absolute Gasteiger partial charge is 0.274 e. The van der Waals surface area contributed by atoms with Gasteiger partial charge in [-0.1, -0.05) is 23.7 Å². The van der Waals surface area contributed by atoms with Crippen LogP contribution in [0, 0.1) is 23.0 Å². The number of carbonyl (C=O) groups excluding carboxylic acids is 2. The van der Waals surface area contributed by atoms with Crippen molar-refractivity contribution >= 4 is 40.5 Å². The van der Waals surface area contributed by atoms with E-state index in [0.717, 1.165) is 0 Å². The van der Waals surface area contributed by atoms with Gasteiger partial charge in [-0.05, 0) is 31.2 Å². The number of nitro groups is 1. The van der Waals surface area contributed by atoms with Crippen LogP contribution < -0.4 is 10.2 Å². The van der Waals surface area contributed by atoms with Crippen LogP contribution in [0.4, 0.5) is 17.1 Å². The normalized spacial score (nSPS) is 16.6. The minimum atomic E-state index is -0.540. The maximum atomic E-state index is 12.5. The standard InChI is InChI=1S/C18H16ClN3O4/c1-11-5-6-14(9-16(11)22(25)26)20-18(24)12-7-17(23)21(10-12)15-4-2-3-13(19)8-15/h2-6,8-9,12H,7,10H2,1H3,(H,20,24). The van der Waals surface area contributed by atoms with Crippen molar-refractivity contribution in [1.29, 1.82) is 0 Å². The first-order valence-corrected chi connectivity index (χ1v) is 8.35. The molecular formula is C18H16ClN3O4. The molecule has 1 heterocycles. The van der Waals surface area contributed by atoms with Gasteiger partial charge >= 0.3 is 0 Å². The van der Waals surface area contributed by atoms with E-state index in [1.54, 1.807) is 43.3 Å². The lowest BCUT2D eigenvalue weighted by atomic mass is 10.1. The molecule has 0 saturated carbocycles. The molecule has 0 aromatic heterocycles. The van der Waals surface area contributed by atoms with Gasteiger partial charge in [0.25, 0.3) is 5.69 Å². The van der Waals surface area contributed by atoms with E-state index in [0.29, 0.717) is 22.0 Å². The lowest BCUT2D eigenvalue weighted by molar-refractivity contribution is -0.385. The third-order valence-corrected chi connectivity index (χ3v) is 4.52. The zero-order valence-electron chi connectivity index (χ0n) is 13.9. The van der Waals surface area contributed by atoms with Crippen molar-refractivity contribution in [1.82, 2.24) is 0 Å². The fourth-order valence-corrected chi connectivity index (χ4v) is 3.09. The predicted octanol–water partition coefficient (Wildman–Crippen LogP) is 3.55. The summed E-state index contributed by atoms with van der Waals surface area (Å²) in [5.41, 5.74) is 1.42. The molecule has 2 amide bonds. The number of amides is 2. The SMILES string of the molecule is Cc1ccc(NC(=O)C2CC(=O)N(c3cccc(Cl)c3)C2)cc1[N+](=O)[O-]. The molecule has 1 fully saturated rings. The van der Waals surface area contributed by atoms with Crippen molar-refractivity contribution in [2.75, 3.05) is 16.8 Å². The van der Waals surface area contributed by atoms with Gasteiger partial charge in [-0.15, -0.1) is 0 Å². The number of rotatable bonds is 4. The van der Waals surface area contributed by atoms with E-state index in [2.05, 4.69) is 5.32 Å². The highest BCUT2D eigenvalue weighted by atomic mass is 35.5. The summed E-state index contributed by atoms with van der Waals surface area (Å²) >= 11 is 5.96. The maximum Gasteiger partial charge on any atom is 0.274 e. The molecule has 1 unspecified atom stereocenters. The van der Waals surface area contributed by atoms with Crippen molar-refractivity contribution in [3.63, 3.8) is 0 Å². The first-order valence-electron chi connectivity index (χ1n) is 7.97. The zero-order chi connectivity index (χ0) is 18.8. The number of nitrogens with zero attached hydrogens (tertiary/aromatic N) is 2. The quantitative estimate of drug-likeness (QED) is 0.655. The summed E-state index contributed by atoms with van der Waals surface area (Å²) in [6.45, 7) is 1.86. The van der Waals surface area contributed by atoms with Gasteiger partial charge in [0.2, 0.25) is 11.8 Å². The van der Waals surface area contributed by atoms with Gasteiger partial charge < -0.3 is 10.2 Å². The monoisotopic (exact) mass is 373 g/mol. The van der Waals surface area contributed by atoms with Crippen molar-refractivity contribution in [2.24, 2.45) is 5.92 Å². The highest BCUT2D eigenvalue weighted by Crippen LogP contribution is 2.28. The number of benzene rings is 2. The Kier molecular flexibility index (Phi) is 4.90. The largest absolute Gasteiger partial charge is 0.326 e. The average molecular weight is 374 g/mol. The number of anilines is 2. The molecular weight excluding hydrogens is 358 g/mol. The van der Waals surface area contributed by atoms with Gasteiger partial charge in [0, 0.05) is 41.0 Å². The summed E-state index contributed by atoms with van der Waals surface area (Å²) in [6.07, 6.45) is 0.0757. The van der Waals surface area contributed by atoms with Crippen LogP contribution in [0.2, 0.25) is 5.02 Å². The second kappa shape index (κ2) is 7.13. The highest BCUT2D eigenvalue weighted by molar-refractivity contribution is 6.31. The molecule has 7 nitrogen and oxygen atoms in total. The molecule has 0 aliphatic carbocycles. The van der Waals surface area contributed by atoms with Gasteiger partial charge in [-0.2, -0.15) is 0 Å². The average Bonchev–Trinajstić information content (AvgIpc) is 2.98. The van der Waals surface area contributed by atoms with E-state index in [-0.39, 0.29) is 30.5 Å². The predicted molar refractivity (Wildman–Crippen MR) is 98.4 cm³/mol. The second-order valence-electron chi connectivity index (χ2n) is 6.13. The Bertz CT molecular complexity index is 900. The van der Waals surface area contributed by atoms with Crippen LogP contribution in [-0.2, 0) is 9.59 Å². The van der Waals surface area contributed by atoms with Gasteiger partial charge in [0.05, 0.1) is 10.8 Å². The van der Waals surface area contributed by atoms with E-state index < -0.39 is 10.8 Å². The molecule has 8 heteroatoms. The van der Waals surface area contributed by atoms with E-state index in [4.69, 9.17) is 11.6 Å². The van der Waals surface area contributed by atoms with E-state index in [1.165, 1.54) is 11.0 Å². The molecule has 1 aliphatic rings. The van der Waals surface area contributed by atoms with Crippen LogP contribution in [0.5, 0.6) is 0 Å². The van der Waals surface area contributed by atoms with E-state index in [1.807, 2.05) is 0 Å². The summed E-state index contributed by atoms with van der Waals surface area (Å²) < 4.78 is 0. The van der Waals surface area contributed by atoms with Crippen LogP contribution in [-0.4, -0.2) is 23.3 Å². The molecule has 26 heavy (non-hydrogen) atoms. The third kappa shape index (κ3) is 3.67. The number of nitrogens with one attached hydrogen (secondary N) is 1. The fourth-order valence-electron chi connectivity index (χ4n) is 2.90. The minimum Gasteiger partial charge on any atom is -0.326 e. The summed E-state index contributed by atoms with van der Waals surface area (Å²) in [5.74, 6) is -1.05. The molecule has 134 valence electrons. The molecule has 0 spiro atoms. The molecule has 3 rings (SSSR count). The van der Waals surface area contributed by atoms with Crippen molar-refractivity contribution < 1.29 is 14.5 Å². The van der Waals surface area contributed by atoms with Gasteiger partial charge in [0.15, 0.2) is 0 Å². The molecule has 2 aromatic rings. The number of hydrogen-bond acceptors (Lipinski definition) is 4. The molecule has 1 saturated heterocycles. The Labute approximate surface area is 154 Å². The highest BCUT2D eigenvalue weighted by Gasteiger charge is 2.35. The Morgan fingerprint density at radius 2 is 2.08 bits per heavy atom. The topological polar surface area (TPSA) is 92.6 Å². The number of halogens is 1. The van der Waals surface area contributed by atoms with Crippen LogP contribution in [0.25, 0.3) is 0 Å². The van der Waals surface area contributed by atoms with E-state index in [9.17, 15) is 19.7 Å². The first kappa shape index (κ1) is 17.9. The summed E-state index contributed by atoms with van der Waals surface area (Å²) in [4.78, 5) is 36.8. The fraction of sp³-hybridized carbons (Fsp3) is 0.222. The van der Waals surface area contributed by atoms with Crippen molar-refractivity contribution in [3.05, 3.63) is 63.2 Å². The number of hydrogen-bond donors (Lipinski definition) is 1. The van der Waals surface area contributed by atoms with Crippen LogP contribution >= 0.6 is 11.6 Å². The molecule has 1 N–H and O–H groups in total. The third-order valence-electron chi connectivity index (χ3n) is 4.29. The van der Waals surface area contributed by atoms with Gasteiger partial charge in [-0.25, -0.2) is 0 Å². The van der Waals surface area contributed by atoms with Gasteiger partial charge in [0.1, 0.15) is 0 Å². The van der Waals surface area contributed by atoms with Crippen LogP contribution in [0.1, 0.15) is 12.0 Å². The second-order valence-corrected chi connectivity index (χ2v) is 6.57. The Balaban J connectivity index is 1.72. The Morgan fingerprint density at radius 1 is 1.31 bits per heavy atom. The van der Waals surface area contributed by atoms with Gasteiger partial charge in [-0.3, -0.25) is 19.7 Å². The molecule has 2 aromatic carbocycles. The molecule has 1 aliphatic heterocycles. The number of carbonyl (C=O) groups is 2. The summed E-state index contributed by atoms with van der Waals surface area (Å²) in [6, 6.07) is 11.4. The summed E-state index contributed by atoms with van der Waals surface area (Å²) in [5, 5.41) is 14.2. The van der Waals surface area contributed by atoms with Crippen molar-refractivity contribution in [3.8, 4) is 0 Å². The Hall–Kier alpha value is -2.93. The summed E-state index contributed by atoms with van der Waals surface area (Å²) in [7, 11) is 0. The zero-order valence-corrected chi connectivity index (χ0v) is 14.7. The minimum absolute atomic E-state index is 0.0640. The van der Waals surface area contributed by atoms with E-state index >= 15 is 0 Å². The number of nitro benzene ring substituents is 1. The lowest BCUT2D eigenvalue weighted by Gasteiger charge is -2.17. The maximum absolute atomic E-state index is 12.5. The Morgan fingerprint density at radius 3 is 2.77 bits per heavy atom. The first-order chi connectivity index (χ1) is 12.3. The molecule has 0 radical (unpaired) electrons. The van der Waals surface area contributed by atoms with Crippen LogP contribution in [0.3, 0.4) is 0 Å². The molecule has 1 atom stereocenters. The lowest BCUT2D eigenvalue weighted by Crippen LogP contribution is -2.28. The number of aryl methyl sites for hydroxylation is 1. The van der Waals surface area contributed by atoms with Crippen LogP contribution in [0.15, 0.2) is 42.5 Å². The van der Waals surface area contributed by atoms with Crippen molar-refractivity contribution in [2.45, 2.75) is 13.3 Å². The molecule has 0 bridgehead atoms.